The van der Waals surface area contributed by atoms with Crippen LogP contribution < -0.4 is 0 Å². The number of hydrogen-bond acceptors (Lipinski definition) is 4. The zero-order chi connectivity index (χ0) is 27.4. The first-order valence-corrected chi connectivity index (χ1v) is 18.7. The van der Waals surface area contributed by atoms with Gasteiger partial charge in [0.05, 0.1) is 19.3 Å². The third-order valence-electron chi connectivity index (χ3n) is 8.75. The van der Waals surface area contributed by atoms with Crippen molar-refractivity contribution >= 4 is 8.32 Å². The van der Waals surface area contributed by atoms with Crippen LogP contribution >= 0.6 is 0 Å². The van der Waals surface area contributed by atoms with Gasteiger partial charge < -0.3 is 18.6 Å². The molecule has 38 heavy (non-hydrogen) atoms. The zero-order valence-corrected chi connectivity index (χ0v) is 26.4. The molecule has 1 aromatic carbocycles. The maximum Gasteiger partial charge on any atom is 0.191 e. The van der Waals surface area contributed by atoms with Gasteiger partial charge in [-0.3, -0.25) is 0 Å². The van der Waals surface area contributed by atoms with Gasteiger partial charge in [0.2, 0.25) is 0 Å². The molecule has 0 aliphatic carbocycles. The number of unbranched alkanes of at least 4 members (excludes halogenated alkanes) is 9. The van der Waals surface area contributed by atoms with E-state index >= 15 is 0 Å². The van der Waals surface area contributed by atoms with Crippen molar-refractivity contribution in [3.63, 3.8) is 0 Å². The summed E-state index contributed by atoms with van der Waals surface area (Å²) in [6, 6.07) is 14.5. The predicted molar refractivity (Wildman–Crippen MR) is 163 cm³/mol. The summed E-state index contributed by atoms with van der Waals surface area (Å²) in [5.74, 6) is -0.262. The van der Waals surface area contributed by atoms with E-state index in [4.69, 9.17) is 18.6 Å². The monoisotopic (exact) mass is 548 g/mol. The molecule has 1 saturated heterocycles. The second-order valence-corrected chi connectivity index (χ2v) is 16.0. The second-order valence-electron chi connectivity index (χ2n) is 11.3. The normalized spacial score (nSPS) is 16.2. The fourth-order valence-corrected chi connectivity index (χ4v) is 8.46. The molecule has 1 aliphatic rings. The van der Waals surface area contributed by atoms with Crippen molar-refractivity contribution in [1.29, 1.82) is 0 Å². The Bertz CT molecular complexity index is 665. The maximum atomic E-state index is 6.45. The van der Waals surface area contributed by atoms with E-state index in [2.05, 4.69) is 58.0 Å². The molecular formula is C33H60O4Si. The summed E-state index contributed by atoms with van der Waals surface area (Å²) in [6.07, 6.45) is 17.3. The van der Waals surface area contributed by atoms with E-state index in [0.717, 1.165) is 52.1 Å². The maximum absolute atomic E-state index is 6.45. The number of hydrogen-bond donors (Lipinski definition) is 0. The van der Waals surface area contributed by atoms with Crippen molar-refractivity contribution in [2.24, 2.45) is 0 Å². The molecule has 1 heterocycles. The standard InChI is InChI=1S/C33H60O4Si/c1-5-33(35-29-30-36-33)26-20-14-12-10-9-11-13-15-21-27-34-32(31-23-17-16-18-24-31)25-19-22-28-37-38(6-2,7-3)8-4/h16-18,23-24,32H,5-15,19-22,25-30H2,1-4H3. The molecule has 0 N–H and O–H groups in total. The summed E-state index contributed by atoms with van der Waals surface area (Å²) in [6.45, 7) is 12.4. The quantitative estimate of drug-likeness (QED) is 0.0951. The Kier molecular flexibility index (Phi) is 17.8. The van der Waals surface area contributed by atoms with Gasteiger partial charge in [-0.2, -0.15) is 0 Å². The van der Waals surface area contributed by atoms with Crippen LogP contribution in [-0.4, -0.2) is 40.5 Å². The van der Waals surface area contributed by atoms with Crippen LogP contribution in [0.3, 0.4) is 0 Å². The van der Waals surface area contributed by atoms with Crippen LogP contribution in [0, 0.1) is 0 Å². The Hall–Kier alpha value is -0.723. The largest absolute Gasteiger partial charge is 0.417 e. The molecule has 1 unspecified atom stereocenters. The molecule has 5 heteroatoms. The zero-order valence-electron chi connectivity index (χ0n) is 25.4. The molecular weight excluding hydrogens is 488 g/mol. The van der Waals surface area contributed by atoms with Gasteiger partial charge in [-0.15, -0.1) is 0 Å². The van der Waals surface area contributed by atoms with Crippen molar-refractivity contribution in [3.05, 3.63) is 35.9 Å². The molecule has 0 amide bonds. The topological polar surface area (TPSA) is 36.9 Å². The van der Waals surface area contributed by atoms with Crippen LogP contribution in [-0.2, 0) is 18.6 Å². The third kappa shape index (κ3) is 12.6. The molecule has 0 radical (unpaired) electrons. The molecule has 1 fully saturated rings. The second kappa shape index (κ2) is 20.2. The Morgan fingerprint density at radius 3 is 1.84 bits per heavy atom. The molecule has 4 nitrogen and oxygen atoms in total. The molecule has 0 saturated carbocycles. The molecule has 220 valence electrons. The summed E-state index contributed by atoms with van der Waals surface area (Å²) < 4.78 is 24.5. The lowest BCUT2D eigenvalue weighted by atomic mass is 10.0. The van der Waals surface area contributed by atoms with Gasteiger partial charge in [0, 0.05) is 19.6 Å². The fraction of sp³-hybridized carbons (Fsp3) is 0.818. The first-order valence-electron chi connectivity index (χ1n) is 16.2. The highest BCUT2D eigenvalue weighted by molar-refractivity contribution is 6.73. The highest BCUT2D eigenvalue weighted by atomic mass is 28.4. The number of benzene rings is 1. The van der Waals surface area contributed by atoms with Gasteiger partial charge >= 0.3 is 0 Å². The van der Waals surface area contributed by atoms with Gasteiger partial charge in [-0.05, 0) is 62.2 Å². The van der Waals surface area contributed by atoms with Gasteiger partial charge in [-0.25, -0.2) is 0 Å². The third-order valence-corrected chi connectivity index (χ3v) is 13.4. The first-order chi connectivity index (χ1) is 18.6. The minimum atomic E-state index is -1.46. The van der Waals surface area contributed by atoms with Crippen LogP contribution in [0.2, 0.25) is 18.1 Å². The van der Waals surface area contributed by atoms with Crippen molar-refractivity contribution < 1.29 is 18.6 Å². The average Bonchev–Trinajstić information content (AvgIpc) is 3.44. The molecule has 1 aromatic rings. The molecule has 0 spiro atoms. The van der Waals surface area contributed by atoms with Crippen LogP contribution in [0.25, 0.3) is 0 Å². The lowest BCUT2D eigenvalue weighted by Gasteiger charge is -2.28. The SMILES string of the molecule is CCC1(CCCCCCCCCCCOC(CCCCO[Si](CC)(CC)CC)c2ccccc2)OCCO1. The minimum absolute atomic E-state index is 0.216. The van der Waals surface area contributed by atoms with Crippen molar-refractivity contribution in [2.75, 3.05) is 26.4 Å². The lowest BCUT2D eigenvalue weighted by molar-refractivity contribution is -0.164. The van der Waals surface area contributed by atoms with E-state index in [-0.39, 0.29) is 11.9 Å². The highest BCUT2D eigenvalue weighted by Crippen LogP contribution is 2.29. The van der Waals surface area contributed by atoms with Crippen LogP contribution in [0.15, 0.2) is 30.3 Å². The molecule has 1 atom stereocenters. The lowest BCUT2D eigenvalue weighted by Crippen LogP contribution is -2.36. The van der Waals surface area contributed by atoms with E-state index < -0.39 is 8.32 Å². The van der Waals surface area contributed by atoms with Gasteiger partial charge in [0.25, 0.3) is 0 Å². The number of ether oxygens (including phenoxy) is 3. The predicted octanol–water partition coefficient (Wildman–Crippen LogP) is 9.99. The first kappa shape index (κ1) is 33.5. The van der Waals surface area contributed by atoms with E-state index in [0.29, 0.717) is 0 Å². The molecule has 2 rings (SSSR count). The van der Waals surface area contributed by atoms with Crippen LogP contribution in [0.5, 0.6) is 0 Å². The smallest absolute Gasteiger partial charge is 0.191 e. The molecule has 1 aliphatic heterocycles. The summed E-state index contributed by atoms with van der Waals surface area (Å²) >= 11 is 0. The molecule has 0 aromatic heterocycles. The highest BCUT2D eigenvalue weighted by Gasteiger charge is 2.33. The Morgan fingerprint density at radius 1 is 0.711 bits per heavy atom. The van der Waals surface area contributed by atoms with Gasteiger partial charge in [-0.1, -0.05) is 103 Å². The van der Waals surface area contributed by atoms with Crippen LogP contribution in [0.1, 0.15) is 129 Å². The fourth-order valence-electron chi connectivity index (χ4n) is 5.77. The van der Waals surface area contributed by atoms with E-state index in [1.807, 2.05) is 0 Å². The summed E-state index contributed by atoms with van der Waals surface area (Å²) in [7, 11) is -1.46. The van der Waals surface area contributed by atoms with Crippen molar-refractivity contribution in [2.45, 2.75) is 148 Å². The summed E-state index contributed by atoms with van der Waals surface area (Å²) in [4.78, 5) is 0. The Balaban J connectivity index is 1.52. The summed E-state index contributed by atoms with van der Waals surface area (Å²) in [5.41, 5.74) is 1.32. The van der Waals surface area contributed by atoms with E-state index in [9.17, 15) is 0 Å². The van der Waals surface area contributed by atoms with Crippen LogP contribution in [0.4, 0.5) is 0 Å². The summed E-state index contributed by atoms with van der Waals surface area (Å²) in [5, 5.41) is 0. The van der Waals surface area contributed by atoms with Gasteiger partial charge in [0.15, 0.2) is 14.1 Å². The van der Waals surface area contributed by atoms with Crippen molar-refractivity contribution in [3.8, 4) is 0 Å². The Labute approximate surface area is 236 Å². The Morgan fingerprint density at radius 2 is 1.26 bits per heavy atom. The van der Waals surface area contributed by atoms with E-state index in [1.165, 1.54) is 87.9 Å². The van der Waals surface area contributed by atoms with E-state index in [1.54, 1.807) is 0 Å². The van der Waals surface area contributed by atoms with Crippen molar-refractivity contribution in [1.82, 2.24) is 0 Å². The average molecular weight is 549 g/mol. The minimum Gasteiger partial charge on any atom is -0.417 e. The number of rotatable bonds is 24. The van der Waals surface area contributed by atoms with Gasteiger partial charge in [0.1, 0.15) is 0 Å². The molecule has 0 bridgehead atoms.